The molecule has 5 aromatic carbocycles. The third-order valence-corrected chi connectivity index (χ3v) is 6.02. The summed E-state index contributed by atoms with van der Waals surface area (Å²) < 4.78 is 17.3. The van der Waals surface area contributed by atoms with Crippen molar-refractivity contribution in [3.05, 3.63) is 137 Å². The smallest absolute Gasteiger partial charge is 0.343 e. The molecule has 0 spiro atoms. The Balaban J connectivity index is 1.38. The van der Waals surface area contributed by atoms with Crippen molar-refractivity contribution in [2.45, 2.75) is 6.29 Å². The van der Waals surface area contributed by atoms with Crippen molar-refractivity contribution in [1.29, 1.82) is 0 Å². The number of hydrazone groups is 1. The summed E-state index contributed by atoms with van der Waals surface area (Å²) in [5.74, 6) is -0.0163. The van der Waals surface area contributed by atoms with Gasteiger partial charge >= 0.3 is 18.2 Å². The highest BCUT2D eigenvalue weighted by Gasteiger charge is 2.23. The van der Waals surface area contributed by atoms with Crippen LogP contribution in [0.1, 0.15) is 15.9 Å². The van der Waals surface area contributed by atoms with Crippen LogP contribution in [0.2, 0.25) is 5.02 Å². The Morgan fingerprint density at radius 2 is 1.32 bits per heavy atom. The molecule has 1 amide bonds. The van der Waals surface area contributed by atoms with E-state index in [-0.39, 0.29) is 5.75 Å². The Kier molecular flexibility index (Phi) is 8.34. The second kappa shape index (κ2) is 12.6. The normalized spacial score (nSPS) is 10.9. The summed E-state index contributed by atoms with van der Waals surface area (Å²) in [6.45, 7) is 0. The summed E-state index contributed by atoms with van der Waals surface area (Å²) in [6, 6.07) is 35.2. The van der Waals surface area contributed by atoms with Gasteiger partial charge in [0.15, 0.2) is 0 Å². The predicted molar refractivity (Wildman–Crippen MR) is 154 cm³/mol. The van der Waals surface area contributed by atoms with Crippen molar-refractivity contribution in [3.63, 3.8) is 0 Å². The Hall–Kier alpha value is -5.14. The maximum atomic E-state index is 13.1. The van der Waals surface area contributed by atoms with Crippen molar-refractivity contribution in [1.82, 2.24) is 5.43 Å². The molecule has 0 radical (unpaired) electrons. The molecule has 0 aliphatic rings. The van der Waals surface area contributed by atoms with Crippen LogP contribution >= 0.6 is 11.6 Å². The SMILES string of the molecule is O=C(Oc1ccc2ccccc2c1C=NNC(=O)C(Oc1ccccc1)Oc1ccccc1)c1ccc(Cl)cc1. The summed E-state index contributed by atoms with van der Waals surface area (Å²) >= 11 is 5.94. The fraction of sp³-hybridized carbons (Fsp3) is 0.0312. The van der Waals surface area contributed by atoms with E-state index in [1.165, 1.54) is 6.21 Å². The molecule has 198 valence electrons. The van der Waals surface area contributed by atoms with Gasteiger partial charge in [-0.2, -0.15) is 5.10 Å². The van der Waals surface area contributed by atoms with E-state index < -0.39 is 18.2 Å². The molecule has 40 heavy (non-hydrogen) atoms. The molecule has 0 saturated carbocycles. The van der Waals surface area contributed by atoms with E-state index in [1.54, 1.807) is 78.9 Å². The lowest BCUT2D eigenvalue weighted by atomic mass is 10.0. The van der Waals surface area contributed by atoms with Gasteiger partial charge in [0.2, 0.25) is 0 Å². The fourth-order valence-corrected chi connectivity index (χ4v) is 3.96. The molecule has 7 nitrogen and oxygen atoms in total. The highest BCUT2D eigenvalue weighted by Crippen LogP contribution is 2.27. The first-order valence-corrected chi connectivity index (χ1v) is 12.7. The lowest BCUT2D eigenvalue weighted by molar-refractivity contribution is -0.140. The number of fused-ring (bicyclic) bond motifs is 1. The Bertz CT molecular complexity index is 1600. The maximum absolute atomic E-state index is 13.1. The van der Waals surface area contributed by atoms with Crippen LogP contribution in [0.15, 0.2) is 126 Å². The molecule has 0 atom stereocenters. The summed E-state index contributed by atoms with van der Waals surface area (Å²) in [6.07, 6.45) is 0.101. The molecular formula is C32H23ClN2O5. The van der Waals surface area contributed by atoms with Crippen LogP contribution in [0.25, 0.3) is 10.8 Å². The lowest BCUT2D eigenvalue weighted by Gasteiger charge is -2.18. The van der Waals surface area contributed by atoms with Gasteiger partial charge in [-0.15, -0.1) is 0 Å². The quantitative estimate of drug-likeness (QED) is 0.0730. The van der Waals surface area contributed by atoms with Crippen molar-refractivity contribution < 1.29 is 23.8 Å². The lowest BCUT2D eigenvalue weighted by Crippen LogP contribution is -2.40. The van der Waals surface area contributed by atoms with Gasteiger partial charge in [-0.25, -0.2) is 10.2 Å². The summed E-state index contributed by atoms with van der Waals surface area (Å²) in [7, 11) is 0. The van der Waals surface area contributed by atoms with Crippen LogP contribution < -0.4 is 19.6 Å². The fourth-order valence-electron chi connectivity index (χ4n) is 3.83. The summed E-state index contributed by atoms with van der Waals surface area (Å²) in [5, 5.41) is 6.34. The van der Waals surface area contributed by atoms with E-state index in [9.17, 15) is 9.59 Å². The van der Waals surface area contributed by atoms with Gasteiger partial charge in [0.25, 0.3) is 0 Å². The van der Waals surface area contributed by atoms with Gasteiger partial charge in [-0.3, -0.25) is 4.79 Å². The third-order valence-electron chi connectivity index (χ3n) is 5.77. The monoisotopic (exact) mass is 550 g/mol. The summed E-state index contributed by atoms with van der Waals surface area (Å²) in [4.78, 5) is 25.9. The van der Waals surface area contributed by atoms with Gasteiger partial charge in [0.1, 0.15) is 17.2 Å². The standard InChI is InChI=1S/C32H23ClN2O5/c33-24-18-15-23(16-19-24)31(37)40-29-20-17-22-9-7-8-14-27(22)28(29)21-34-35-30(36)32(38-25-10-3-1-4-11-25)39-26-12-5-2-6-13-26/h1-21,32H,(H,35,36). The van der Waals surface area contributed by atoms with Gasteiger partial charge in [0.05, 0.1) is 11.8 Å². The Morgan fingerprint density at radius 1 is 0.725 bits per heavy atom. The second-order valence-corrected chi connectivity index (χ2v) is 8.96. The average Bonchev–Trinajstić information content (AvgIpc) is 2.99. The molecule has 0 unspecified atom stereocenters. The van der Waals surface area contributed by atoms with E-state index in [0.29, 0.717) is 27.6 Å². The molecule has 5 aromatic rings. The number of carbonyl (C=O) groups is 2. The molecule has 0 aliphatic heterocycles. The van der Waals surface area contributed by atoms with Crippen LogP contribution in [0.5, 0.6) is 17.2 Å². The zero-order valence-electron chi connectivity index (χ0n) is 21.1. The number of carbonyl (C=O) groups excluding carboxylic acids is 2. The number of hydrogen-bond acceptors (Lipinski definition) is 6. The van der Waals surface area contributed by atoms with Gasteiger partial charge in [-0.1, -0.05) is 78.3 Å². The van der Waals surface area contributed by atoms with E-state index in [0.717, 1.165) is 10.8 Å². The van der Waals surface area contributed by atoms with E-state index in [4.69, 9.17) is 25.8 Å². The van der Waals surface area contributed by atoms with Crippen LogP contribution in [-0.2, 0) is 4.79 Å². The van der Waals surface area contributed by atoms with Crippen LogP contribution in [-0.4, -0.2) is 24.4 Å². The van der Waals surface area contributed by atoms with Crippen molar-refractivity contribution >= 4 is 40.5 Å². The number of hydrogen-bond donors (Lipinski definition) is 1. The molecule has 0 saturated heterocycles. The first-order chi connectivity index (χ1) is 19.6. The first-order valence-electron chi connectivity index (χ1n) is 12.3. The molecule has 5 rings (SSSR count). The number of amides is 1. The predicted octanol–water partition coefficient (Wildman–Crippen LogP) is 6.65. The molecule has 0 aliphatic carbocycles. The maximum Gasteiger partial charge on any atom is 0.343 e. The van der Waals surface area contributed by atoms with Gasteiger partial charge < -0.3 is 14.2 Å². The minimum atomic E-state index is -1.32. The molecule has 1 N–H and O–H groups in total. The number of nitrogens with zero attached hydrogens (tertiary/aromatic N) is 1. The minimum Gasteiger partial charge on any atom is -0.446 e. The molecule has 0 fully saturated rings. The first kappa shape index (κ1) is 26.5. The van der Waals surface area contributed by atoms with Crippen molar-refractivity contribution in [3.8, 4) is 17.2 Å². The van der Waals surface area contributed by atoms with Gasteiger partial charge in [-0.05, 0) is 65.4 Å². The molecule has 8 heteroatoms. The van der Waals surface area contributed by atoms with E-state index >= 15 is 0 Å². The van der Waals surface area contributed by atoms with Crippen LogP contribution in [0.4, 0.5) is 0 Å². The van der Waals surface area contributed by atoms with Gasteiger partial charge in [0, 0.05) is 10.6 Å². The number of para-hydroxylation sites is 2. The van der Waals surface area contributed by atoms with Crippen LogP contribution in [0, 0.1) is 0 Å². The number of rotatable bonds is 9. The summed E-state index contributed by atoms with van der Waals surface area (Å²) in [5.41, 5.74) is 3.33. The van der Waals surface area contributed by atoms with Crippen molar-refractivity contribution in [2.75, 3.05) is 0 Å². The van der Waals surface area contributed by atoms with E-state index in [1.807, 2.05) is 42.5 Å². The van der Waals surface area contributed by atoms with E-state index in [2.05, 4.69) is 10.5 Å². The molecule has 0 heterocycles. The average molecular weight is 551 g/mol. The van der Waals surface area contributed by atoms with Crippen molar-refractivity contribution in [2.24, 2.45) is 5.10 Å². The zero-order chi connectivity index (χ0) is 27.7. The number of nitrogens with one attached hydrogen (secondary N) is 1. The Morgan fingerprint density at radius 3 is 1.98 bits per heavy atom. The molecule has 0 bridgehead atoms. The largest absolute Gasteiger partial charge is 0.446 e. The third kappa shape index (κ3) is 6.64. The number of halogens is 1. The zero-order valence-corrected chi connectivity index (χ0v) is 21.8. The Labute approximate surface area is 235 Å². The molecular weight excluding hydrogens is 528 g/mol. The minimum absolute atomic E-state index is 0.272. The highest BCUT2D eigenvalue weighted by atomic mass is 35.5. The number of ether oxygens (including phenoxy) is 3. The topological polar surface area (TPSA) is 86.2 Å². The number of esters is 1. The number of benzene rings is 5. The second-order valence-electron chi connectivity index (χ2n) is 8.52. The van der Waals surface area contributed by atoms with Crippen LogP contribution in [0.3, 0.4) is 0 Å². The molecule has 0 aromatic heterocycles. The highest BCUT2D eigenvalue weighted by molar-refractivity contribution is 6.30.